The minimum atomic E-state index is -3.72. The summed E-state index contributed by atoms with van der Waals surface area (Å²) in [6.07, 6.45) is 4.51. The molecule has 29 heavy (non-hydrogen) atoms. The summed E-state index contributed by atoms with van der Waals surface area (Å²) in [5, 5.41) is 0. The second kappa shape index (κ2) is 8.88. The first-order valence-corrected chi connectivity index (χ1v) is 10.9. The number of methoxy groups -OCH3 is 1. The molecule has 2 aromatic rings. The smallest absolute Gasteiger partial charge is 0.305 e. The number of esters is 1. The van der Waals surface area contributed by atoms with Gasteiger partial charge in [0.05, 0.1) is 12.0 Å². The Hall–Kier alpha value is -2.51. The van der Waals surface area contributed by atoms with Gasteiger partial charge in [0, 0.05) is 12.5 Å². The molecule has 1 aliphatic rings. The maximum atomic E-state index is 13.1. The minimum Gasteiger partial charge on any atom is -0.469 e. The van der Waals surface area contributed by atoms with E-state index in [4.69, 9.17) is 4.74 Å². The molecule has 0 heterocycles. The van der Waals surface area contributed by atoms with Crippen molar-refractivity contribution in [2.75, 3.05) is 7.11 Å². The molecule has 1 atom stereocenters. The third kappa shape index (κ3) is 4.92. The van der Waals surface area contributed by atoms with Crippen LogP contribution in [0.3, 0.4) is 0 Å². The summed E-state index contributed by atoms with van der Waals surface area (Å²) in [7, 11) is -2.35. The van der Waals surface area contributed by atoms with Gasteiger partial charge in [-0.15, -0.1) is 0 Å². The Kier molecular flexibility index (Phi) is 6.49. The zero-order valence-corrected chi connectivity index (χ0v) is 17.1. The number of carbonyl (C=O) groups excluding carboxylic acids is 1. The summed E-state index contributed by atoms with van der Waals surface area (Å²) >= 11 is 0. The first kappa shape index (κ1) is 21.2. The van der Waals surface area contributed by atoms with E-state index in [1.165, 1.54) is 19.2 Å². The Balaban J connectivity index is 1.79. The monoisotopic (exact) mass is 417 g/mol. The van der Waals surface area contributed by atoms with Crippen LogP contribution in [0.25, 0.3) is 6.08 Å². The number of hydrogen-bond acceptors (Lipinski definition) is 4. The van der Waals surface area contributed by atoms with Crippen molar-refractivity contribution in [1.29, 1.82) is 0 Å². The molecule has 0 aliphatic heterocycles. The van der Waals surface area contributed by atoms with E-state index in [1.807, 2.05) is 12.1 Å². The molecule has 0 fully saturated rings. The molecule has 0 aromatic heterocycles. The normalized spacial score (nSPS) is 16.1. The minimum absolute atomic E-state index is 0.0467. The summed E-state index contributed by atoms with van der Waals surface area (Å²) < 4.78 is 45.8. The van der Waals surface area contributed by atoms with E-state index in [9.17, 15) is 17.6 Å². The molecule has 0 bridgehead atoms. The highest BCUT2D eigenvalue weighted by Crippen LogP contribution is 2.29. The van der Waals surface area contributed by atoms with Crippen LogP contribution in [-0.2, 0) is 38.8 Å². The zero-order chi connectivity index (χ0) is 21.0. The van der Waals surface area contributed by atoms with Gasteiger partial charge in [-0.2, -0.15) is 0 Å². The number of rotatable bonds is 7. The van der Waals surface area contributed by atoms with Gasteiger partial charge in [-0.25, -0.2) is 17.5 Å². The van der Waals surface area contributed by atoms with E-state index in [1.54, 1.807) is 6.08 Å². The second-order valence-corrected chi connectivity index (χ2v) is 8.78. The number of hydrogen-bond donors (Lipinski definition) is 1. The lowest BCUT2D eigenvalue weighted by molar-refractivity contribution is -0.140. The number of carbonyl (C=O) groups is 1. The molecular weight excluding hydrogens is 393 g/mol. The maximum Gasteiger partial charge on any atom is 0.305 e. The quantitative estimate of drug-likeness (QED) is 0.701. The van der Waals surface area contributed by atoms with Crippen molar-refractivity contribution in [2.45, 2.75) is 43.0 Å². The van der Waals surface area contributed by atoms with Crippen LogP contribution in [0.1, 0.15) is 35.1 Å². The topological polar surface area (TPSA) is 72.5 Å². The summed E-state index contributed by atoms with van der Waals surface area (Å²) in [5.41, 5.74) is 4.28. The highest BCUT2D eigenvalue weighted by molar-refractivity contribution is 7.89. The molecule has 0 saturated heterocycles. The third-order valence-electron chi connectivity index (χ3n) is 5.25. The van der Waals surface area contributed by atoms with Crippen LogP contribution in [-0.4, -0.2) is 27.5 Å². The highest BCUT2D eigenvalue weighted by atomic mass is 32.2. The Labute approximate surface area is 170 Å². The Morgan fingerprint density at radius 1 is 1.28 bits per heavy atom. The van der Waals surface area contributed by atoms with Crippen molar-refractivity contribution in [3.8, 4) is 0 Å². The summed E-state index contributed by atoms with van der Waals surface area (Å²) in [4.78, 5) is 11.6. The largest absolute Gasteiger partial charge is 0.469 e. The fourth-order valence-corrected chi connectivity index (χ4v) is 5.04. The third-order valence-corrected chi connectivity index (χ3v) is 6.78. The number of benzene rings is 2. The average Bonchev–Trinajstić information content (AvgIpc) is 2.71. The highest BCUT2D eigenvalue weighted by Gasteiger charge is 2.26. The lowest BCUT2D eigenvalue weighted by atomic mass is 9.82. The van der Waals surface area contributed by atoms with E-state index >= 15 is 0 Å². The maximum absolute atomic E-state index is 13.1. The molecule has 2 aromatic carbocycles. The van der Waals surface area contributed by atoms with Crippen molar-refractivity contribution >= 4 is 22.1 Å². The Morgan fingerprint density at radius 2 is 2.00 bits per heavy atom. The van der Waals surface area contributed by atoms with E-state index in [0.29, 0.717) is 25.7 Å². The van der Waals surface area contributed by atoms with Crippen molar-refractivity contribution in [3.05, 3.63) is 71.0 Å². The molecule has 0 saturated carbocycles. The lowest BCUT2D eigenvalue weighted by Gasteiger charge is -2.28. The number of nitrogens with one attached hydrogen (secondary N) is 1. The van der Waals surface area contributed by atoms with E-state index in [0.717, 1.165) is 34.4 Å². The van der Waals surface area contributed by atoms with E-state index < -0.39 is 15.8 Å². The van der Waals surface area contributed by atoms with Crippen molar-refractivity contribution in [3.63, 3.8) is 0 Å². The molecule has 1 N–H and O–H groups in total. The first-order chi connectivity index (χ1) is 13.8. The van der Waals surface area contributed by atoms with Gasteiger partial charge in [0.1, 0.15) is 5.82 Å². The van der Waals surface area contributed by atoms with Gasteiger partial charge < -0.3 is 4.74 Å². The molecule has 0 amide bonds. The predicted octanol–water partition coefficient (Wildman–Crippen LogP) is 3.41. The lowest BCUT2D eigenvalue weighted by Crippen LogP contribution is -2.39. The number of fused-ring (bicyclic) bond motifs is 1. The van der Waals surface area contributed by atoms with E-state index in [-0.39, 0.29) is 23.3 Å². The first-order valence-electron chi connectivity index (χ1n) is 9.45. The van der Waals surface area contributed by atoms with Crippen molar-refractivity contribution in [1.82, 2.24) is 4.72 Å². The van der Waals surface area contributed by atoms with Crippen LogP contribution in [0.2, 0.25) is 0 Å². The molecule has 3 rings (SSSR count). The van der Waals surface area contributed by atoms with Gasteiger partial charge in [-0.05, 0) is 72.2 Å². The average molecular weight is 418 g/mol. The number of sulfonamides is 1. The molecule has 0 spiro atoms. The van der Waals surface area contributed by atoms with Crippen LogP contribution >= 0.6 is 0 Å². The van der Waals surface area contributed by atoms with E-state index in [2.05, 4.69) is 11.3 Å². The SMILES string of the molecule is C=Cc1ccc2c(c1CCC(=O)OC)CCC(NS(=O)(=O)c1ccc(F)cc1)C2. The Bertz CT molecular complexity index is 1020. The molecular formula is C22H24FNO4S. The van der Waals surface area contributed by atoms with Crippen LogP contribution in [0.15, 0.2) is 47.9 Å². The van der Waals surface area contributed by atoms with Crippen LogP contribution in [0.4, 0.5) is 4.39 Å². The van der Waals surface area contributed by atoms with Gasteiger partial charge in [0.15, 0.2) is 0 Å². The second-order valence-electron chi connectivity index (χ2n) is 7.07. The zero-order valence-electron chi connectivity index (χ0n) is 16.3. The molecule has 0 radical (unpaired) electrons. The molecule has 5 nitrogen and oxygen atoms in total. The number of ether oxygens (including phenoxy) is 1. The fourth-order valence-electron chi connectivity index (χ4n) is 3.77. The Morgan fingerprint density at radius 3 is 2.66 bits per heavy atom. The van der Waals surface area contributed by atoms with Crippen LogP contribution in [0, 0.1) is 5.82 Å². The molecule has 7 heteroatoms. The van der Waals surface area contributed by atoms with Crippen LogP contribution in [0.5, 0.6) is 0 Å². The summed E-state index contributed by atoms with van der Waals surface area (Å²) in [6, 6.07) is 8.48. The predicted molar refractivity (Wildman–Crippen MR) is 109 cm³/mol. The van der Waals surface area contributed by atoms with Crippen LogP contribution < -0.4 is 4.72 Å². The fraction of sp³-hybridized carbons (Fsp3) is 0.318. The van der Waals surface area contributed by atoms with Gasteiger partial charge >= 0.3 is 5.97 Å². The molecule has 1 unspecified atom stereocenters. The van der Waals surface area contributed by atoms with Gasteiger partial charge in [-0.3, -0.25) is 4.79 Å². The standard InChI is InChI=1S/C22H24FNO4S/c1-3-15-4-5-16-14-18(8-11-21(16)20(15)12-13-22(25)28-2)24-29(26,27)19-9-6-17(23)7-10-19/h3-7,9-10,18,24H,1,8,11-14H2,2H3. The van der Waals surface area contributed by atoms with Gasteiger partial charge in [0.2, 0.25) is 10.0 Å². The number of halogens is 1. The summed E-state index contributed by atoms with van der Waals surface area (Å²) in [6.45, 7) is 3.86. The summed E-state index contributed by atoms with van der Waals surface area (Å²) in [5.74, 6) is -0.744. The van der Waals surface area contributed by atoms with Crippen molar-refractivity contribution < 1.29 is 22.3 Å². The van der Waals surface area contributed by atoms with Crippen molar-refractivity contribution in [2.24, 2.45) is 0 Å². The van der Waals surface area contributed by atoms with Gasteiger partial charge in [-0.1, -0.05) is 24.8 Å². The van der Waals surface area contributed by atoms with Gasteiger partial charge in [0.25, 0.3) is 0 Å². The molecule has 154 valence electrons. The molecule has 1 aliphatic carbocycles.